The number of carbonyl (C=O) groups is 1. The van der Waals surface area contributed by atoms with Crippen LogP contribution in [0.5, 0.6) is 11.5 Å². The lowest BCUT2D eigenvalue weighted by atomic mass is 10.2. The molecular weight excluding hydrogens is 398 g/mol. The number of anilines is 1. The number of benzene rings is 2. The molecule has 0 radical (unpaired) electrons. The number of nitro groups is 1. The molecule has 2 aromatic carbocycles. The Balaban J connectivity index is 2.28. The third kappa shape index (κ3) is 5.56. The van der Waals surface area contributed by atoms with Crippen LogP contribution >= 0.6 is 11.6 Å². The Hall–Kier alpha value is -2.85. The van der Waals surface area contributed by atoms with Gasteiger partial charge in [-0.1, -0.05) is 11.6 Å². The van der Waals surface area contributed by atoms with E-state index in [-0.39, 0.29) is 45.8 Å². The minimum atomic E-state index is -3.42. The quantitative estimate of drug-likeness (QED) is 0.500. The van der Waals surface area contributed by atoms with Crippen molar-refractivity contribution < 1.29 is 22.9 Å². The highest BCUT2D eigenvalue weighted by molar-refractivity contribution is 7.90. The topological polar surface area (TPSA) is 142 Å². The lowest BCUT2D eigenvalue weighted by Crippen LogP contribution is -2.16. The number of primary amides is 1. The fourth-order valence-electron chi connectivity index (χ4n) is 2.12. The van der Waals surface area contributed by atoms with Crippen molar-refractivity contribution >= 4 is 38.7 Å². The molecule has 0 aromatic heterocycles. The standard InChI is InChI=1S/C16H16ClN3O6S/c1-27(24,25)11-3-5-15(12(17)9-11)26-10-2-4-14(20(22)23)13(8-10)19-7-6-16(18)21/h2-5,8-9,19H,6-7H2,1H3,(H2,18,21). The van der Waals surface area contributed by atoms with E-state index < -0.39 is 20.7 Å². The van der Waals surface area contributed by atoms with Gasteiger partial charge in [0.1, 0.15) is 17.2 Å². The summed E-state index contributed by atoms with van der Waals surface area (Å²) in [6, 6.07) is 7.97. The molecule has 0 bridgehead atoms. The molecule has 0 saturated heterocycles. The Morgan fingerprint density at radius 1 is 1.30 bits per heavy atom. The van der Waals surface area contributed by atoms with Gasteiger partial charge in [0.2, 0.25) is 5.91 Å². The lowest BCUT2D eigenvalue weighted by Gasteiger charge is -2.11. The molecule has 0 fully saturated rings. The first-order chi connectivity index (χ1) is 12.6. The number of nitrogens with two attached hydrogens (primary N) is 1. The van der Waals surface area contributed by atoms with E-state index in [1.807, 2.05) is 0 Å². The zero-order valence-electron chi connectivity index (χ0n) is 14.1. The number of sulfone groups is 1. The van der Waals surface area contributed by atoms with Crippen LogP contribution in [0.1, 0.15) is 6.42 Å². The Morgan fingerprint density at radius 2 is 2.00 bits per heavy atom. The molecule has 0 aliphatic rings. The molecule has 0 aliphatic heterocycles. The number of nitro benzene ring substituents is 1. The van der Waals surface area contributed by atoms with Crippen LogP contribution in [0.3, 0.4) is 0 Å². The summed E-state index contributed by atoms with van der Waals surface area (Å²) in [7, 11) is -3.42. The van der Waals surface area contributed by atoms with Crippen LogP contribution in [-0.4, -0.2) is 32.0 Å². The molecule has 0 atom stereocenters. The van der Waals surface area contributed by atoms with Crippen LogP contribution in [0.15, 0.2) is 41.3 Å². The van der Waals surface area contributed by atoms with E-state index in [9.17, 15) is 23.3 Å². The van der Waals surface area contributed by atoms with Gasteiger partial charge >= 0.3 is 0 Å². The monoisotopic (exact) mass is 413 g/mol. The number of halogens is 1. The predicted octanol–water partition coefficient (Wildman–Crippen LogP) is 2.73. The van der Waals surface area contributed by atoms with Crippen molar-refractivity contribution in [1.29, 1.82) is 0 Å². The van der Waals surface area contributed by atoms with Crippen LogP contribution in [0.4, 0.5) is 11.4 Å². The second-order valence-corrected chi connectivity index (χ2v) is 7.97. The maximum absolute atomic E-state index is 11.5. The van der Waals surface area contributed by atoms with Gasteiger partial charge in [0, 0.05) is 31.4 Å². The third-order valence-electron chi connectivity index (χ3n) is 3.41. The molecule has 1 amide bonds. The number of nitrogens with zero attached hydrogens (tertiary/aromatic N) is 1. The SMILES string of the molecule is CS(=O)(=O)c1ccc(Oc2ccc([N+](=O)[O-])c(NCCC(N)=O)c2)c(Cl)c1. The first-order valence-corrected chi connectivity index (χ1v) is 9.83. The van der Waals surface area contributed by atoms with Gasteiger partial charge in [-0.15, -0.1) is 0 Å². The van der Waals surface area contributed by atoms with Crippen molar-refractivity contribution in [3.05, 3.63) is 51.5 Å². The van der Waals surface area contributed by atoms with Gasteiger partial charge in [-0.2, -0.15) is 0 Å². The Kier molecular flexibility index (Phi) is 6.24. The molecular formula is C16H16ClN3O6S. The Morgan fingerprint density at radius 3 is 2.56 bits per heavy atom. The average Bonchev–Trinajstić information content (AvgIpc) is 2.55. The first kappa shape index (κ1) is 20.5. The van der Waals surface area contributed by atoms with Crippen molar-refractivity contribution in [3.8, 4) is 11.5 Å². The summed E-state index contributed by atoms with van der Waals surface area (Å²) < 4.78 is 28.7. The fourth-order valence-corrected chi connectivity index (χ4v) is 3.05. The zero-order valence-corrected chi connectivity index (χ0v) is 15.7. The largest absolute Gasteiger partial charge is 0.456 e. The number of rotatable bonds is 8. The smallest absolute Gasteiger partial charge is 0.292 e. The summed E-state index contributed by atoms with van der Waals surface area (Å²) in [5.74, 6) is -0.132. The number of nitrogens with one attached hydrogen (secondary N) is 1. The average molecular weight is 414 g/mol. The van der Waals surface area contributed by atoms with Crippen molar-refractivity contribution in [2.75, 3.05) is 18.1 Å². The second-order valence-electron chi connectivity index (χ2n) is 5.55. The minimum absolute atomic E-state index is 0.00101. The molecule has 2 aromatic rings. The van der Waals surface area contributed by atoms with Crippen molar-refractivity contribution in [2.24, 2.45) is 5.73 Å². The summed E-state index contributed by atoms with van der Waals surface area (Å²) >= 11 is 6.06. The van der Waals surface area contributed by atoms with E-state index >= 15 is 0 Å². The maximum Gasteiger partial charge on any atom is 0.292 e. The van der Waals surface area contributed by atoms with E-state index in [0.717, 1.165) is 6.26 Å². The number of carbonyl (C=O) groups excluding carboxylic acids is 1. The third-order valence-corrected chi connectivity index (χ3v) is 4.82. The molecule has 144 valence electrons. The van der Waals surface area contributed by atoms with Crippen LogP contribution in [-0.2, 0) is 14.6 Å². The summed E-state index contributed by atoms with van der Waals surface area (Å²) in [6.07, 6.45) is 1.06. The van der Waals surface area contributed by atoms with E-state index in [1.165, 1.54) is 36.4 Å². The second kappa shape index (κ2) is 8.23. The first-order valence-electron chi connectivity index (χ1n) is 7.56. The Labute approximate surface area is 160 Å². The highest BCUT2D eigenvalue weighted by atomic mass is 35.5. The van der Waals surface area contributed by atoms with E-state index in [0.29, 0.717) is 0 Å². The van der Waals surface area contributed by atoms with Crippen molar-refractivity contribution in [1.82, 2.24) is 0 Å². The molecule has 9 nitrogen and oxygen atoms in total. The summed E-state index contributed by atoms with van der Waals surface area (Å²) in [6.45, 7) is 0.115. The molecule has 2 rings (SSSR count). The van der Waals surface area contributed by atoms with Gasteiger partial charge in [-0.25, -0.2) is 8.42 Å². The molecule has 3 N–H and O–H groups in total. The molecule has 0 spiro atoms. The van der Waals surface area contributed by atoms with Crippen LogP contribution in [0.2, 0.25) is 5.02 Å². The summed E-state index contributed by atoms with van der Waals surface area (Å²) in [5.41, 5.74) is 4.99. The number of hydrogen-bond acceptors (Lipinski definition) is 7. The lowest BCUT2D eigenvalue weighted by molar-refractivity contribution is -0.384. The van der Waals surface area contributed by atoms with Crippen molar-refractivity contribution in [3.63, 3.8) is 0 Å². The van der Waals surface area contributed by atoms with Crippen LogP contribution in [0, 0.1) is 10.1 Å². The maximum atomic E-state index is 11.5. The normalized spacial score (nSPS) is 11.0. The van der Waals surface area contributed by atoms with Gasteiger partial charge in [-0.05, 0) is 24.3 Å². The van der Waals surface area contributed by atoms with Gasteiger partial charge in [0.05, 0.1) is 14.8 Å². The van der Waals surface area contributed by atoms with Crippen molar-refractivity contribution in [2.45, 2.75) is 11.3 Å². The van der Waals surface area contributed by atoms with E-state index in [4.69, 9.17) is 22.1 Å². The molecule has 11 heteroatoms. The number of hydrogen-bond donors (Lipinski definition) is 2. The molecule has 0 aliphatic carbocycles. The molecule has 0 heterocycles. The Bertz CT molecular complexity index is 994. The highest BCUT2D eigenvalue weighted by Gasteiger charge is 2.16. The van der Waals surface area contributed by atoms with E-state index in [1.54, 1.807) is 0 Å². The summed E-state index contributed by atoms with van der Waals surface area (Å²) in [5, 5.41) is 14.0. The summed E-state index contributed by atoms with van der Waals surface area (Å²) in [4.78, 5) is 21.4. The number of ether oxygens (including phenoxy) is 1. The molecule has 0 saturated carbocycles. The zero-order chi connectivity index (χ0) is 20.2. The predicted molar refractivity (Wildman–Crippen MR) is 100 cm³/mol. The molecule has 0 unspecified atom stereocenters. The molecule has 27 heavy (non-hydrogen) atoms. The van der Waals surface area contributed by atoms with Gasteiger partial charge in [0.25, 0.3) is 5.69 Å². The number of amides is 1. The van der Waals surface area contributed by atoms with E-state index in [2.05, 4.69) is 5.32 Å². The van der Waals surface area contributed by atoms with Crippen LogP contribution < -0.4 is 15.8 Å². The fraction of sp³-hybridized carbons (Fsp3) is 0.188. The minimum Gasteiger partial charge on any atom is -0.456 e. The van der Waals surface area contributed by atoms with Gasteiger partial charge in [0.15, 0.2) is 9.84 Å². The van der Waals surface area contributed by atoms with Crippen LogP contribution in [0.25, 0.3) is 0 Å². The van der Waals surface area contributed by atoms with Gasteiger partial charge in [-0.3, -0.25) is 14.9 Å². The highest BCUT2D eigenvalue weighted by Crippen LogP contribution is 2.35. The van der Waals surface area contributed by atoms with Gasteiger partial charge < -0.3 is 15.8 Å².